The van der Waals surface area contributed by atoms with Gasteiger partial charge < -0.3 is 4.90 Å². The number of amides is 1. The molecule has 3 heterocycles. The topological polar surface area (TPSA) is 57.9 Å². The first kappa shape index (κ1) is 20.9. The fraction of sp³-hybridized carbons (Fsp3) is 0.316. The van der Waals surface area contributed by atoms with Crippen molar-refractivity contribution in [3.05, 3.63) is 63.5 Å². The van der Waals surface area contributed by atoms with Crippen molar-refractivity contribution in [3.63, 3.8) is 0 Å². The summed E-state index contributed by atoms with van der Waals surface area (Å²) in [7, 11) is 0. The molecular weight excluding hydrogens is 437 g/mol. The summed E-state index contributed by atoms with van der Waals surface area (Å²) in [6, 6.07) is 7.00. The van der Waals surface area contributed by atoms with Gasteiger partial charge in [0.05, 0.1) is 5.69 Å². The van der Waals surface area contributed by atoms with Crippen LogP contribution >= 0.6 is 23.1 Å². The summed E-state index contributed by atoms with van der Waals surface area (Å²) < 4.78 is 38.8. The largest absolute Gasteiger partial charge is 0.446 e. The third-order valence-corrected chi connectivity index (χ3v) is 6.23. The van der Waals surface area contributed by atoms with E-state index in [-0.39, 0.29) is 28.1 Å². The van der Waals surface area contributed by atoms with E-state index in [4.69, 9.17) is 0 Å². The minimum absolute atomic E-state index is 0.0509. The maximum absolute atomic E-state index is 12.6. The smallest absolute Gasteiger partial charge is 0.336 e. The number of fused-ring (bicyclic) bond motifs is 1. The number of carbonyl (C=O) groups is 1. The summed E-state index contributed by atoms with van der Waals surface area (Å²) in [5.74, 6) is -0.199. The van der Waals surface area contributed by atoms with E-state index in [0.29, 0.717) is 48.9 Å². The quantitative estimate of drug-likeness (QED) is 0.566. The van der Waals surface area contributed by atoms with Crippen molar-refractivity contribution in [2.24, 2.45) is 0 Å². The molecule has 2 aromatic heterocycles. The summed E-state index contributed by atoms with van der Waals surface area (Å²) in [6.45, 7) is 2.77. The van der Waals surface area contributed by atoms with Crippen molar-refractivity contribution in [1.82, 2.24) is 19.2 Å². The molecule has 3 aromatic rings. The van der Waals surface area contributed by atoms with Crippen LogP contribution in [0.15, 0.2) is 51.6 Å². The van der Waals surface area contributed by atoms with E-state index < -0.39 is 5.51 Å². The molecule has 0 saturated carbocycles. The summed E-state index contributed by atoms with van der Waals surface area (Å²) >= 11 is 1.20. The number of hydrogen-bond donors (Lipinski definition) is 0. The minimum Gasteiger partial charge on any atom is -0.336 e. The standard InChI is InChI=1S/C19H17F3N4O2S2/c20-19(21,22)30-15-3-1-13(2-4-15)17(28)25-7-5-24(6-8-25)12-14-11-16(27)26-9-10-29-18(26)23-14/h1-4,9-11H,5-8,12H2. The van der Waals surface area contributed by atoms with E-state index in [1.165, 1.54) is 46.1 Å². The van der Waals surface area contributed by atoms with E-state index in [2.05, 4.69) is 9.88 Å². The molecule has 0 unspecified atom stereocenters. The van der Waals surface area contributed by atoms with Crippen LogP contribution in [0.1, 0.15) is 16.1 Å². The fourth-order valence-electron chi connectivity index (χ4n) is 3.29. The Kier molecular flexibility index (Phi) is 5.85. The van der Waals surface area contributed by atoms with E-state index in [9.17, 15) is 22.8 Å². The lowest BCUT2D eigenvalue weighted by molar-refractivity contribution is -0.0328. The maximum Gasteiger partial charge on any atom is 0.446 e. The number of alkyl halides is 3. The molecular formula is C19H17F3N4O2S2. The van der Waals surface area contributed by atoms with E-state index in [1.807, 2.05) is 5.38 Å². The molecule has 0 atom stereocenters. The molecule has 1 saturated heterocycles. The van der Waals surface area contributed by atoms with Crippen molar-refractivity contribution in [1.29, 1.82) is 0 Å². The fourth-order valence-corrected chi connectivity index (χ4v) is 4.57. The van der Waals surface area contributed by atoms with Crippen LogP contribution in [-0.4, -0.2) is 56.8 Å². The molecule has 1 aromatic carbocycles. The van der Waals surface area contributed by atoms with Crippen LogP contribution in [0.3, 0.4) is 0 Å². The number of piperazine rings is 1. The van der Waals surface area contributed by atoms with Gasteiger partial charge in [-0.05, 0) is 36.0 Å². The highest BCUT2D eigenvalue weighted by Gasteiger charge is 2.29. The highest BCUT2D eigenvalue weighted by molar-refractivity contribution is 8.00. The third kappa shape index (κ3) is 4.85. The molecule has 1 aliphatic rings. The van der Waals surface area contributed by atoms with Crippen molar-refractivity contribution in [2.75, 3.05) is 26.2 Å². The highest BCUT2D eigenvalue weighted by atomic mass is 32.2. The van der Waals surface area contributed by atoms with Gasteiger partial charge in [-0.15, -0.1) is 11.3 Å². The van der Waals surface area contributed by atoms with Crippen LogP contribution in [0.4, 0.5) is 13.2 Å². The number of thioether (sulfide) groups is 1. The SMILES string of the molecule is O=C(c1ccc(SC(F)(F)F)cc1)N1CCN(Cc2cc(=O)n3ccsc3n2)CC1. The van der Waals surface area contributed by atoms with Crippen LogP contribution in [0.2, 0.25) is 0 Å². The Hall–Kier alpha value is -2.37. The summed E-state index contributed by atoms with van der Waals surface area (Å²) in [6.07, 6.45) is 1.69. The van der Waals surface area contributed by atoms with Crippen LogP contribution in [-0.2, 0) is 6.54 Å². The average molecular weight is 454 g/mol. The molecule has 11 heteroatoms. The number of aromatic nitrogens is 2. The van der Waals surface area contributed by atoms with Gasteiger partial charge in [0.1, 0.15) is 0 Å². The van der Waals surface area contributed by atoms with Gasteiger partial charge in [-0.3, -0.25) is 18.9 Å². The van der Waals surface area contributed by atoms with Gasteiger partial charge in [-0.25, -0.2) is 4.98 Å². The lowest BCUT2D eigenvalue weighted by Gasteiger charge is -2.34. The van der Waals surface area contributed by atoms with Gasteiger partial charge in [0.15, 0.2) is 4.96 Å². The van der Waals surface area contributed by atoms with Crippen molar-refractivity contribution >= 4 is 34.0 Å². The Morgan fingerprint density at radius 1 is 1.13 bits per heavy atom. The molecule has 0 aliphatic carbocycles. The number of nitrogens with zero attached hydrogens (tertiary/aromatic N) is 4. The summed E-state index contributed by atoms with van der Waals surface area (Å²) in [4.78, 5) is 33.8. The predicted octanol–water partition coefficient (Wildman–Crippen LogP) is 3.33. The zero-order valence-electron chi connectivity index (χ0n) is 15.6. The zero-order valence-corrected chi connectivity index (χ0v) is 17.3. The molecule has 1 aliphatic heterocycles. The number of benzene rings is 1. The van der Waals surface area contributed by atoms with Crippen LogP contribution in [0.5, 0.6) is 0 Å². The lowest BCUT2D eigenvalue weighted by atomic mass is 10.2. The Bertz CT molecular complexity index is 1100. The molecule has 4 rings (SSSR count). The number of hydrogen-bond acceptors (Lipinski definition) is 6. The summed E-state index contributed by atoms with van der Waals surface area (Å²) in [5, 5.41) is 1.81. The number of thiazole rings is 1. The van der Waals surface area contributed by atoms with Gasteiger partial charge in [-0.1, -0.05) is 0 Å². The van der Waals surface area contributed by atoms with Gasteiger partial charge in [0.25, 0.3) is 11.5 Å². The maximum atomic E-state index is 12.6. The van der Waals surface area contributed by atoms with Gasteiger partial charge in [0, 0.05) is 60.8 Å². The monoisotopic (exact) mass is 454 g/mol. The predicted molar refractivity (Wildman–Crippen MR) is 109 cm³/mol. The first-order valence-corrected chi connectivity index (χ1v) is 10.8. The molecule has 30 heavy (non-hydrogen) atoms. The lowest BCUT2D eigenvalue weighted by Crippen LogP contribution is -2.48. The first-order valence-electron chi connectivity index (χ1n) is 9.12. The Morgan fingerprint density at radius 2 is 1.83 bits per heavy atom. The molecule has 1 fully saturated rings. The van der Waals surface area contributed by atoms with Gasteiger partial charge in [0.2, 0.25) is 0 Å². The number of halogens is 3. The number of rotatable bonds is 4. The third-order valence-electron chi connectivity index (χ3n) is 4.74. The molecule has 1 amide bonds. The van der Waals surface area contributed by atoms with Gasteiger partial charge in [-0.2, -0.15) is 13.2 Å². The highest BCUT2D eigenvalue weighted by Crippen LogP contribution is 2.36. The normalized spacial score (nSPS) is 15.6. The minimum atomic E-state index is -4.35. The Balaban J connectivity index is 1.34. The van der Waals surface area contributed by atoms with Crippen LogP contribution in [0.25, 0.3) is 4.96 Å². The molecule has 0 radical (unpaired) electrons. The summed E-state index contributed by atoms with van der Waals surface area (Å²) in [5.41, 5.74) is -3.40. The second-order valence-electron chi connectivity index (χ2n) is 6.78. The molecule has 0 spiro atoms. The van der Waals surface area contributed by atoms with Gasteiger partial charge >= 0.3 is 5.51 Å². The van der Waals surface area contributed by atoms with E-state index >= 15 is 0 Å². The van der Waals surface area contributed by atoms with Crippen molar-refractivity contribution in [3.8, 4) is 0 Å². The van der Waals surface area contributed by atoms with Crippen molar-refractivity contribution < 1.29 is 18.0 Å². The molecule has 158 valence electrons. The Labute approximate surface area is 177 Å². The zero-order chi connectivity index (χ0) is 21.3. The van der Waals surface area contributed by atoms with Crippen LogP contribution < -0.4 is 5.56 Å². The number of carbonyl (C=O) groups excluding carboxylic acids is 1. The first-order chi connectivity index (χ1) is 14.3. The second-order valence-corrected chi connectivity index (χ2v) is 8.79. The molecule has 6 nitrogen and oxygen atoms in total. The van der Waals surface area contributed by atoms with E-state index in [0.717, 1.165) is 0 Å². The van der Waals surface area contributed by atoms with Crippen molar-refractivity contribution in [2.45, 2.75) is 16.9 Å². The average Bonchev–Trinajstić information content (AvgIpc) is 3.17. The van der Waals surface area contributed by atoms with E-state index in [1.54, 1.807) is 11.1 Å². The Morgan fingerprint density at radius 3 is 2.50 bits per heavy atom. The molecule has 0 bridgehead atoms. The van der Waals surface area contributed by atoms with Crippen LogP contribution in [0, 0.1) is 0 Å². The molecule has 0 N–H and O–H groups in total. The second kappa shape index (κ2) is 8.40.